The van der Waals surface area contributed by atoms with Crippen LogP contribution in [0.3, 0.4) is 0 Å². The van der Waals surface area contributed by atoms with Gasteiger partial charge in [0.05, 0.1) is 5.02 Å². The minimum absolute atomic E-state index is 0.0968. The summed E-state index contributed by atoms with van der Waals surface area (Å²) >= 11 is 24.5. The predicted octanol–water partition coefficient (Wildman–Crippen LogP) is 6.65. The van der Waals surface area contributed by atoms with Crippen LogP contribution in [0.25, 0.3) is 0 Å². The van der Waals surface area contributed by atoms with E-state index >= 15 is 0 Å². The van der Waals surface area contributed by atoms with E-state index in [0.717, 1.165) is 36.9 Å². The van der Waals surface area contributed by atoms with Crippen LogP contribution >= 0.6 is 46.4 Å². The van der Waals surface area contributed by atoms with E-state index in [1.54, 1.807) is 36.4 Å². The van der Waals surface area contributed by atoms with Crippen molar-refractivity contribution in [1.82, 2.24) is 4.90 Å². The SMILES string of the molecule is OC(COc1cc(Cl)ccc1Oc1ccc(Cl)cc1Cl)CN1CCN(c2cccc(Cl)c2)CC1. The Morgan fingerprint density at radius 1 is 0.765 bits per heavy atom. The minimum Gasteiger partial charge on any atom is -0.487 e. The lowest BCUT2D eigenvalue weighted by Gasteiger charge is -2.36. The molecule has 0 amide bonds. The molecule has 1 saturated heterocycles. The first-order chi connectivity index (χ1) is 16.4. The monoisotopic (exact) mass is 540 g/mol. The van der Waals surface area contributed by atoms with Gasteiger partial charge in [0.1, 0.15) is 18.5 Å². The highest BCUT2D eigenvalue weighted by Crippen LogP contribution is 2.37. The Balaban J connectivity index is 1.31. The van der Waals surface area contributed by atoms with Gasteiger partial charge in [0, 0.05) is 59.5 Å². The van der Waals surface area contributed by atoms with Crippen molar-refractivity contribution in [3.8, 4) is 17.2 Å². The molecule has 1 N–H and O–H groups in total. The zero-order chi connectivity index (χ0) is 24.1. The quantitative estimate of drug-likeness (QED) is 0.345. The summed E-state index contributed by atoms with van der Waals surface area (Å²) in [6.45, 7) is 4.00. The van der Waals surface area contributed by atoms with Gasteiger partial charge in [-0.15, -0.1) is 0 Å². The number of hydrogen-bond acceptors (Lipinski definition) is 5. The Morgan fingerprint density at radius 2 is 1.44 bits per heavy atom. The summed E-state index contributed by atoms with van der Waals surface area (Å²) < 4.78 is 11.8. The van der Waals surface area contributed by atoms with Crippen molar-refractivity contribution in [2.75, 3.05) is 44.2 Å². The van der Waals surface area contributed by atoms with Crippen LogP contribution < -0.4 is 14.4 Å². The van der Waals surface area contributed by atoms with E-state index in [1.807, 2.05) is 18.2 Å². The smallest absolute Gasteiger partial charge is 0.169 e. The van der Waals surface area contributed by atoms with Crippen molar-refractivity contribution in [3.63, 3.8) is 0 Å². The predicted molar refractivity (Wildman–Crippen MR) is 140 cm³/mol. The maximum atomic E-state index is 10.6. The Kier molecular flexibility index (Phi) is 8.70. The molecule has 1 aliphatic rings. The molecule has 1 heterocycles. The third-order valence-electron chi connectivity index (χ3n) is 5.47. The standard InChI is InChI=1S/C25H24Cl4N2O3/c26-17-2-1-3-20(12-17)31-10-8-30(9-11-31)15-21(32)16-33-25-14-19(28)5-7-24(25)34-23-6-4-18(27)13-22(23)29/h1-7,12-14,21,32H,8-11,15-16H2. The van der Waals surface area contributed by atoms with Gasteiger partial charge in [0.15, 0.2) is 11.5 Å². The second kappa shape index (κ2) is 11.7. The summed E-state index contributed by atoms with van der Waals surface area (Å²) in [6, 6.07) is 17.9. The zero-order valence-corrected chi connectivity index (χ0v) is 21.3. The highest BCUT2D eigenvalue weighted by atomic mass is 35.5. The summed E-state index contributed by atoms with van der Waals surface area (Å²) in [5.41, 5.74) is 1.12. The molecule has 0 aromatic heterocycles. The fourth-order valence-corrected chi connectivity index (χ4v) is 4.55. The number of ether oxygens (including phenoxy) is 2. The van der Waals surface area contributed by atoms with Gasteiger partial charge in [-0.1, -0.05) is 52.5 Å². The molecule has 9 heteroatoms. The van der Waals surface area contributed by atoms with Gasteiger partial charge in [-0.3, -0.25) is 4.90 Å². The zero-order valence-electron chi connectivity index (χ0n) is 18.3. The van der Waals surface area contributed by atoms with Crippen LogP contribution in [0.5, 0.6) is 17.2 Å². The number of halogens is 4. The molecule has 34 heavy (non-hydrogen) atoms. The highest BCUT2D eigenvalue weighted by molar-refractivity contribution is 6.35. The normalized spacial score (nSPS) is 15.3. The van der Waals surface area contributed by atoms with Crippen molar-refractivity contribution >= 4 is 52.1 Å². The lowest BCUT2D eigenvalue weighted by atomic mass is 10.2. The number of anilines is 1. The van der Waals surface area contributed by atoms with Crippen molar-refractivity contribution in [3.05, 3.63) is 80.8 Å². The van der Waals surface area contributed by atoms with Crippen LogP contribution in [0.1, 0.15) is 0 Å². The molecule has 3 aromatic rings. The maximum Gasteiger partial charge on any atom is 0.169 e. The van der Waals surface area contributed by atoms with Crippen LogP contribution in [0.4, 0.5) is 5.69 Å². The van der Waals surface area contributed by atoms with Gasteiger partial charge in [-0.2, -0.15) is 0 Å². The summed E-state index contributed by atoms with van der Waals surface area (Å²) in [5.74, 6) is 1.30. The minimum atomic E-state index is -0.677. The highest BCUT2D eigenvalue weighted by Gasteiger charge is 2.20. The molecule has 0 saturated carbocycles. The van der Waals surface area contributed by atoms with Crippen LogP contribution in [0.15, 0.2) is 60.7 Å². The molecule has 0 radical (unpaired) electrons. The van der Waals surface area contributed by atoms with Gasteiger partial charge in [-0.05, 0) is 48.5 Å². The molecule has 4 rings (SSSR count). The summed E-state index contributed by atoms with van der Waals surface area (Å²) in [7, 11) is 0. The van der Waals surface area contributed by atoms with E-state index < -0.39 is 6.10 Å². The first kappa shape index (κ1) is 25.2. The number of hydrogen-bond donors (Lipinski definition) is 1. The van der Waals surface area contributed by atoms with Gasteiger partial charge >= 0.3 is 0 Å². The molecular weight excluding hydrogens is 518 g/mol. The molecular formula is C25H24Cl4N2O3. The van der Waals surface area contributed by atoms with Gasteiger partial charge in [0.25, 0.3) is 0 Å². The number of aliphatic hydroxyl groups excluding tert-OH is 1. The second-order valence-corrected chi connectivity index (χ2v) is 9.72. The molecule has 0 aliphatic carbocycles. The van der Waals surface area contributed by atoms with Crippen LogP contribution in [-0.2, 0) is 0 Å². The largest absolute Gasteiger partial charge is 0.487 e. The number of benzene rings is 3. The van der Waals surface area contributed by atoms with Gasteiger partial charge in [-0.25, -0.2) is 0 Å². The molecule has 1 unspecified atom stereocenters. The number of β-amino-alcohol motifs (C(OH)–C–C–N with tert-alkyl or cyclic N) is 1. The van der Waals surface area contributed by atoms with E-state index in [9.17, 15) is 5.11 Å². The average molecular weight is 542 g/mol. The third-order valence-corrected chi connectivity index (χ3v) is 6.47. The molecule has 1 atom stereocenters. The molecule has 180 valence electrons. The lowest BCUT2D eigenvalue weighted by molar-refractivity contribution is 0.0655. The maximum absolute atomic E-state index is 10.6. The number of piperazine rings is 1. The van der Waals surface area contributed by atoms with E-state index in [0.29, 0.717) is 38.9 Å². The van der Waals surface area contributed by atoms with E-state index in [4.69, 9.17) is 55.9 Å². The van der Waals surface area contributed by atoms with Crippen LogP contribution in [0, 0.1) is 0 Å². The Hall–Kier alpha value is -1.86. The average Bonchev–Trinajstić information content (AvgIpc) is 2.81. The summed E-state index contributed by atoms with van der Waals surface area (Å²) in [4.78, 5) is 4.51. The first-order valence-electron chi connectivity index (χ1n) is 10.8. The van der Waals surface area contributed by atoms with E-state index in [2.05, 4.69) is 15.9 Å². The van der Waals surface area contributed by atoms with E-state index in [-0.39, 0.29) is 6.61 Å². The van der Waals surface area contributed by atoms with Crippen LogP contribution in [0.2, 0.25) is 20.1 Å². The third kappa shape index (κ3) is 6.85. The van der Waals surface area contributed by atoms with Crippen molar-refractivity contribution in [2.24, 2.45) is 0 Å². The molecule has 0 bridgehead atoms. The van der Waals surface area contributed by atoms with Crippen LogP contribution in [-0.4, -0.2) is 55.4 Å². The van der Waals surface area contributed by atoms with E-state index in [1.165, 1.54) is 0 Å². The fraction of sp³-hybridized carbons (Fsp3) is 0.280. The Morgan fingerprint density at radius 3 is 2.15 bits per heavy atom. The lowest BCUT2D eigenvalue weighted by Crippen LogP contribution is -2.49. The molecule has 5 nitrogen and oxygen atoms in total. The molecule has 1 fully saturated rings. The number of aliphatic hydroxyl groups is 1. The van der Waals surface area contributed by atoms with Crippen molar-refractivity contribution < 1.29 is 14.6 Å². The Bertz CT molecular complexity index is 1120. The molecule has 3 aromatic carbocycles. The fourth-order valence-electron chi connectivity index (χ4n) is 3.75. The first-order valence-corrected chi connectivity index (χ1v) is 12.3. The second-order valence-electron chi connectivity index (χ2n) is 8.00. The van der Waals surface area contributed by atoms with Gasteiger partial charge in [0.2, 0.25) is 0 Å². The summed E-state index contributed by atoms with van der Waals surface area (Å²) in [5, 5.41) is 12.7. The Labute approximate surface area is 219 Å². The summed E-state index contributed by atoms with van der Waals surface area (Å²) in [6.07, 6.45) is -0.677. The van der Waals surface area contributed by atoms with Gasteiger partial charge < -0.3 is 19.5 Å². The molecule has 0 spiro atoms. The number of rotatable bonds is 8. The van der Waals surface area contributed by atoms with Crippen molar-refractivity contribution in [2.45, 2.75) is 6.10 Å². The topological polar surface area (TPSA) is 45.2 Å². The molecule has 1 aliphatic heterocycles. The van der Waals surface area contributed by atoms with Crippen molar-refractivity contribution in [1.29, 1.82) is 0 Å². The number of nitrogens with zero attached hydrogens (tertiary/aromatic N) is 2.